The lowest BCUT2D eigenvalue weighted by Gasteiger charge is -2.05. The fourth-order valence-corrected chi connectivity index (χ4v) is 3.05. The lowest BCUT2D eigenvalue weighted by Crippen LogP contribution is -2.26. The molecule has 0 saturated heterocycles. The van der Waals surface area contributed by atoms with Crippen LogP contribution in [0.1, 0.15) is 10.4 Å². The number of aromatic amines is 1. The van der Waals surface area contributed by atoms with E-state index in [0.717, 1.165) is 22.2 Å². The van der Waals surface area contributed by atoms with Crippen LogP contribution in [0.5, 0.6) is 5.75 Å². The highest BCUT2D eigenvalue weighted by Crippen LogP contribution is 2.23. The Morgan fingerprint density at radius 3 is 2.73 bits per heavy atom. The topological polar surface area (TPSA) is 67.0 Å². The van der Waals surface area contributed by atoms with Crippen molar-refractivity contribution in [2.75, 3.05) is 19.4 Å². The maximum Gasteiger partial charge on any atom is 0.254 e. The van der Waals surface area contributed by atoms with Crippen LogP contribution in [-0.4, -0.2) is 35.3 Å². The summed E-state index contributed by atoms with van der Waals surface area (Å²) in [6, 6.07) is 13.6. The quantitative estimate of drug-likeness (QED) is 0.490. The second-order valence-electron chi connectivity index (χ2n) is 5.41. The van der Waals surface area contributed by atoms with E-state index in [0.29, 0.717) is 12.3 Å². The van der Waals surface area contributed by atoms with Crippen molar-refractivity contribution in [1.29, 1.82) is 0 Å². The SMILES string of the molecule is COc1ccc(-c2cnc(SCCNC(=O)c3ccccc3F)[nH]2)cc1. The molecule has 7 heteroatoms. The number of benzene rings is 2. The number of nitrogens with one attached hydrogen (secondary N) is 2. The molecule has 1 heterocycles. The van der Waals surface area contributed by atoms with Gasteiger partial charge >= 0.3 is 0 Å². The van der Waals surface area contributed by atoms with Crippen LogP contribution in [0.2, 0.25) is 0 Å². The molecule has 1 amide bonds. The molecule has 1 aromatic heterocycles. The van der Waals surface area contributed by atoms with Gasteiger partial charge in [0.05, 0.1) is 24.6 Å². The molecule has 0 aliphatic rings. The predicted octanol–water partition coefficient (Wildman–Crippen LogP) is 3.75. The number of ether oxygens (including phenoxy) is 1. The number of imidazole rings is 1. The molecule has 5 nitrogen and oxygen atoms in total. The first-order valence-electron chi connectivity index (χ1n) is 8.02. The second-order valence-corrected chi connectivity index (χ2v) is 6.50. The van der Waals surface area contributed by atoms with Gasteiger partial charge in [0, 0.05) is 12.3 Å². The van der Waals surface area contributed by atoms with Crippen molar-refractivity contribution >= 4 is 17.7 Å². The summed E-state index contributed by atoms with van der Waals surface area (Å²) < 4.78 is 18.7. The maximum atomic E-state index is 13.5. The molecule has 0 radical (unpaired) electrons. The fourth-order valence-electron chi connectivity index (χ4n) is 2.35. The average Bonchev–Trinajstić information content (AvgIpc) is 3.14. The number of thioether (sulfide) groups is 1. The first-order valence-corrected chi connectivity index (χ1v) is 9.01. The highest BCUT2D eigenvalue weighted by molar-refractivity contribution is 7.99. The summed E-state index contributed by atoms with van der Waals surface area (Å²) in [5.74, 6) is 0.485. The molecular formula is C19H18FN3O2S. The number of methoxy groups -OCH3 is 1. The molecule has 0 unspecified atom stereocenters. The van der Waals surface area contributed by atoms with Gasteiger partial charge in [-0.1, -0.05) is 23.9 Å². The van der Waals surface area contributed by atoms with Crippen LogP contribution < -0.4 is 10.1 Å². The van der Waals surface area contributed by atoms with Crippen LogP contribution in [0.15, 0.2) is 59.9 Å². The summed E-state index contributed by atoms with van der Waals surface area (Å²) in [6.07, 6.45) is 1.77. The molecule has 3 aromatic rings. The van der Waals surface area contributed by atoms with Gasteiger partial charge in [0.25, 0.3) is 5.91 Å². The minimum atomic E-state index is -0.521. The number of aromatic nitrogens is 2. The summed E-state index contributed by atoms with van der Waals surface area (Å²) in [5, 5.41) is 3.47. The van der Waals surface area contributed by atoms with E-state index in [9.17, 15) is 9.18 Å². The Morgan fingerprint density at radius 2 is 2.00 bits per heavy atom. The normalized spacial score (nSPS) is 10.5. The molecule has 0 spiro atoms. The Morgan fingerprint density at radius 1 is 1.23 bits per heavy atom. The third-order valence-electron chi connectivity index (χ3n) is 3.70. The van der Waals surface area contributed by atoms with E-state index in [-0.39, 0.29) is 5.56 Å². The third kappa shape index (κ3) is 4.43. The summed E-state index contributed by atoms with van der Waals surface area (Å²) in [6.45, 7) is 0.413. The molecular weight excluding hydrogens is 353 g/mol. The predicted molar refractivity (Wildman–Crippen MR) is 100 cm³/mol. The zero-order valence-corrected chi connectivity index (χ0v) is 15.0. The number of halogens is 1. The minimum absolute atomic E-state index is 0.0530. The zero-order chi connectivity index (χ0) is 18.4. The van der Waals surface area contributed by atoms with Crippen molar-refractivity contribution in [2.24, 2.45) is 0 Å². The molecule has 0 aliphatic carbocycles. The summed E-state index contributed by atoms with van der Waals surface area (Å²) in [4.78, 5) is 19.5. The molecule has 0 saturated carbocycles. The number of carbonyl (C=O) groups excluding carboxylic acids is 1. The average molecular weight is 371 g/mol. The van der Waals surface area contributed by atoms with E-state index < -0.39 is 11.7 Å². The van der Waals surface area contributed by atoms with Gasteiger partial charge in [-0.15, -0.1) is 0 Å². The molecule has 2 aromatic carbocycles. The van der Waals surface area contributed by atoms with E-state index in [1.54, 1.807) is 25.4 Å². The van der Waals surface area contributed by atoms with Crippen LogP contribution in [0.3, 0.4) is 0 Å². The Balaban J connectivity index is 1.49. The first kappa shape index (κ1) is 18.0. The van der Waals surface area contributed by atoms with E-state index in [1.165, 1.54) is 23.9 Å². The Labute approximate surface area is 155 Å². The number of amides is 1. The van der Waals surface area contributed by atoms with Gasteiger partial charge in [-0.25, -0.2) is 9.37 Å². The minimum Gasteiger partial charge on any atom is -0.497 e. The number of nitrogens with zero attached hydrogens (tertiary/aromatic N) is 1. The molecule has 0 bridgehead atoms. The number of hydrogen-bond acceptors (Lipinski definition) is 4. The lowest BCUT2D eigenvalue weighted by atomic mass is 10.2. The summed E-state index contributed by atoms with van der Waals surface area (Å²) in [5.41, 5.74) is 1.97. The number of H-pyrrole nitrogens is 1. The molecule has 2 N–H and O–H groups in total. The van der Waals surface area contributed by atoms with Gasteiger partial charge in [0.15, 0.2) is 5.16 Å². The second kappa shape index (κ2) is 8.53. The third-order valence-corrected chi connectivity index (χ3v) is 4.59. The van der Waals surface area contributed by atoms with Gasteiger partial charge in [0.2, 0.25) is 0 Å². The van der Waals surface area contributed by atoms with Crippen molar-refractivity contribution in [1.82, 2.24) is 15.3 Å². The monoisotopic (exact) mass is 371 g/mol. The Hall–Kier alpha value is -2.80. The van der Waals surface area contributed by atoms with Crippen molar-refractivity contribution < 1.29 is 13.9 Å². The van der Waals surface area contributed by atoms with Gasteiger partial charge in [-0.3, -0.25) is 4.79 Å². The molecule has 134 valence electrons. The van der Waals surface area contributed by atoms with Crippen molar-refractivity contribution in [3.05, 3.63) is 66.1 Å². The van der Waals surface area contributed by atoms with Crippen LogP contribution in [-0.2, 0) is 0 Å². The van der Waals surface area contributed by atoms with Crippen molar-refractivity contribution in [3.8, 4) is 17.0 Å². The van der Waals surface area contributed by atoms with Gasteiger partial charge in [0.1, 0.15) is 11.6 Å². The largest absolute Gasteiger partial charge is 0.497 e. The molecule has 0 aliphatic heterocycles. The van der Waals surface area contributed by atoms with Gasteiger partial charge in [-0.2, -0.15) is 0 Å². The fraction of sp³-hybridized carbons (Fsp3) is 0.158. The van der Waals surface area contributed by atoms with Crippen LogP contribution in [0, 0.1) is 5.82 Å². The van der Waals surface area contributed by atoms with Crippen LogP contribution >= 0.6 is 11.8 Å². The van der Waals surface area contributed by atoms with E-state index in [1.807, 2.05) is 24.3 Å². The number of carbonyl (C=O) groups is 1. The number of hydrogen-bond donors (Lipinski definition) is 2. The highest BCUT2D eigenvalue weighted by atomic mass is 32.2. The summed E-state index contributed by atoms with van der Waals surface area (Å²) >= 11 is 1.49. The zero-order valence-electron chi connectivity index (χ0n) is 14.2. The first-order chi connectivity index (χ1) is 12.7. The molecule has 3 rings (SSSR count). The highest BCUT2D eigenvalue weighted by Gasteiger charge is 2.10. The van der Waals surface area contributed by atoms with Crippen LogP contribution in [0.4, 0.5) is 4.39 Å². The van der Waals surface area contributed by atoms with Gasteiger partial charge < -0.3 is 15.0 Å². The summed E-state index contributed by atoms with van der Waals surface area (Å²) in [7, 11) is 1.63. The van der Waals surface area contributed by atoms with Gasteiger partial charge in [-0.05, 0) is 42.0 Å². The standard InChI is InChI=1S/C19H18FN3O2S/c1-25-14-8-6-13(7-9-14)17-12-22-19(23-17)26-11-10-21-18(24)15-4-2-3-5-16(15)20/h2-9,12H,10-11H2,1H3,(H,21,24)(H,22,23). The molecule has 0 fully saturated rings. The lowest BCUT2D eigenvalue weighted by molar-refractivity contribution is 0.0952. The number of rotatable bonds is 7. The molecule has 0 atom stereocenters. The van der Waals surface area contributed by atoms with E-state index in [4.69, 9.17) is 4.74 Å². The van der Waals surface area contributed by atoms with E-state index in [2.05, 4.69) is 15.3 Å². The van der Waals surface area contributed by atoms with Crippen molar-refractivity contribution in [2.45, 2.75) is 5.16 Å². The Kier molecular flexibility index (Phi) is 5.91. The Bertz CT molecular complexity index is 881. The maximum absolute atomic E-state index is 13.5. The van der Waals surface area contributed by atoms with Crippen molar-refractivity contribution in [3.63, 3.8) is 0 Å². The molecule has 26 heavy (non-hydrogen) atoms. The smallest absolute Gasteiger partial charge is 0.254 e. The van der Waals surface area contributed by atoms with E-state index >= 15 is 0 Å². The van der Waals surface area contributed by atoms with Crippen LogP contribution in [0.25, 0.3) is 11.3 Å².